The molecule has 106 valence electrons. The summed E-state index contributed by atoms with van der Waals surface area (Å²) in [5, 5.41) is 3.26. The predicted octanol–water partition coefficient (Wildman–Crippen LogP) is 1.93. The van der Waals surface area contributed by atoms with Crippen molar-refractivity contribution in [2.45, 2.75) is 6.10 Å². The van der Waals surface area contributed by atoms with Gasteiger partial charge in [0, 0.05) is 6.21 Å². The molecule has 0 saturated carbocycles. The van der Waals surface area contributed by atoms with Crippen LogP contribution in [0.15, 0.2) is 32.8 Å². The lowest BCUT2D eigenvalue weighted by Gasteiger charge is -2.13. The number of nitrogens with zero attached hydrogens (tertiary/aromatic N) is 3. The molecule has 1 aliphatic heterocycles. The Morgan fingerprint density at radius 3 is 3.05 bits per heavy atom. The molecule has 0 spiro atoms. The van der Waals surface area contributed by atoms with Gasteiger partial charge in [-0.15, -0.1) is 0 Å². The Morgan fingerprint density at radius 2 is 2.35 bits per heavy atom. The van der Waals surface area contributed by atoms with Crippen LogP contribution in [0.25, 0.3) is 0 Å². The molecule has 1 aromatic rings. The van der Waals surface area contributed by atoms with E-state index in [-0.39, 0.29) is 6.10 Å². The van der Waals surface area contributed by atoms with Crippen LogP contribution >= 0.6 is 15.9 Å². The summed E-state index contributed by atoms with van der Waals surface area (Å²) in [4.78, 5) is 17.1. The van der Waals surface area contributed by atoms with Crippen LogP contribution in [0.4, 0.5) is 14.9 Å². The van der Waals surface area contributed by atoms with E-state index in [4.69, 9.17) is 10.6 Å². The second-order valence-electron chi connectivity index (χ2n) is 4.03. The van der Waals surface area contributed by atoms with Crippen molar-refractivity contribution in [2.75, 3.05) is 18.0 Å². The molecule has 1 heterocycles. The molecule has 0 radical (unpaired) electrons. The van der Waals surface area contributed by atoms with Gasteiger partial charge in [-0.25, -0.2) is 9.18 Å². The van der Waals surface area contributed by atoms with Crippen LogP contribution in [0.2, 0.25) is 0 Å². The van der Waals surface area contributed by atoms with Gasteiger partial charge < -0.3 is 10.6 Å². The van der Waals surface area contributed by atoms with Crippen molar-refractivity contribution in [2.24, 2.45) is 15.9 Å². The number of cyclic esters (lactones) is 1. The highest BCUT2D eigenvalue weighted by molar-refractivity contribution is 9.10. The molecule has 1 amide bonds. The Morgan fingerprint density at radius 1 is 1.55 bits per heavy atom. The zero-order chi connectivity index (χ0) is 14.5. The normalized spacial score (nSPS) is 19.2. The van der Waals surface area contributed by atoms with Crippen LogP contribution in [-0.4, -0.2) is 37.7 Å². The lowest BCUT2D eigenvalue weighted by Crippen LogP contribution is -2.25. The fourth-order valence-electron chi connectivity index (χ4n) is 1.74. The molecule has 0 unspecified atom stereocenters. The number of benzene rings is 1. The summed E-state index contributed by atoms with van der Waals surface area (Å²) in [6.45, 7) is 0.615. The standard InChI is InChI=1S/C12H12BrFN4O2/c13-10-2-1-8(5-11(10)14)18-7-9(20-12(18)19)6-16-3-4-17-15/h1-5,9H,6-7,15H2/t9-/m0/s1. The Kier molecular flexibility index (Phi) is 4.67. The third-order valence-corrected chi connectivity index (χ3v) is 3.30. The number of halogens is 2. The Labute approximate surface area is 123 Å². The third kappa shape index (κ3) is 3.32. The fourth-order valence-corrected chi connectivity index (χ4v) is 1.99. The van der Waals surface area contributed by atoms with Gasteiger partial charge in [0.15, 0.2) is 0 Å². The van der Waals surface area contributed by atoms with E-state index in [1.54, 1.807) is 12.1 Å². The zero-order valence-corrected chi connectivity index (χ0v) is 12.0. The van der Waals surface area contributed by atoms with E-state index in [2.05, 4.69) is 26.0 Å². The molecule has 6 nitrogen and oxygen atoms in total. The average molecular weight is 343 g/mol. The molecule has 1 aliphatic rings. The molecular weight excluding hydrogens is 331 g/mol. The number of carbonyl (C=O) groups excluding carboxylic acids is 1. The van der Waals surface area contributed by atoms with E-state index in [9.17, 15) is 9.18 Å². The number of amides is 1. The van der Waals surface area contributed by atoms with Crippen molar-refractivity contribution >= 4 is 40.1 Å². The summed E-state index contributed by atoms with van der Waals surface area (Å²) in [6, 6.07) is 4.46. The second kappa shape index (κ2) is 6.47. The molecule has 20 heavy (non-hydrogen) atoms. The number of ether oxygens (including phenoxy) is 1. The maximum Gasteiger partial charge on any atom is 0.414 e. The van der Waals surface area contributed by atoms with Gasteiger partial charge in [0.2, 0.25) is 0 Å². The molecule has 1 saturated heterocycles. The van der Waals surface area contributed by atoms with Gasteiger partial charge in [0.1, 0.15) is 11.9 Å². The van der Waals surface area contributed by atoms with Crippen molar-refractivity contribution in [3.63, 3.8) is 0 Å². The third-order valence-electron chi connectivity index (χ3n) is 2.66. The first-order valence-corrected chi connectivity index (χ1v) is 6.56. The zero-order valence-electron chi connectivity index (χ0n) is 10.4. The molecule has 2 N–H and O–H groups in total. The van der Waals surface area contributed by atoms with Crippen molar-refractivity contribution in [3.8, 4) is 0 Å². The molecule has 2 rings (SSSR count). The first kappa shape index (κ1) is 14.4. The van der Waals surface area contributed by atoms with E-state index < -0.39 is 11.9 Å². The monoisotopic (exact) mass is 342 g/mol. The van der Waals surface area contributed by atoms with Gasteiger partial charge in [0.25, 0.3) is 0 Å². The Balaban J connectivity index is 2.03. The van der Waals surface area contributed by atoms with E-state index in [1.807, 2.05) is 0 Å². The van der Waals surface area contributed by atoms with Gasteiger partial charge in [-0.2, -0.15) is 5.10 Å². The van der Waals surface area contributed by atoms with Gasteiger partial charge in [0.05, 0.1) is 29.5 Å². The number of hydrazone groups is 1. The van der Waals surface area contributed by atoms with E-state index in [0.717, 1.165) is 0 Å². The molecule has 0 bridgehead atoms. The van der Waals surface area contributed by atoms with Crippen molar-refractivity contribution in [1.29, 1.82) is 0 Å². The maximum absolute atomic E-state index is 13.5. The van der Waals surface area contributed by atoms with Crippen LogP contribution in [0.5, 0.6) is 0 Å². The number of carbonyl (C=O) groups is 1. The summed E-state index contributed by atoms with van der Waals surface area (Å²) >= 11 is 3.06. The largest absolute Gasteiger partial charge is 0.442 e. The van der Waals surface area contributed by atoms with Crippen LogP contribution < -0.4 is 10.7 Å². The molecular formula is C12H12BrFN4O2. The van der Waals surface area contributed by atoms with Gasteiger partial charge >= 0.3 is 6.09 Å². The summed E-state index contributed by atoms with van der Waals surface area (Å²) in [7, 11) is 0. The Hall–Kier alpha value is -1.96. The van der Waals surface area contributed by atoms with E-state index in [1.165, 1.54) is 23.4 Å². The number of hydrogen-bond donors (Lipinski definition) is 1. The van der Waals surface area contributed by atoms with Crippen LogP contribution in [-0.2, 0) is 4.74 Å². The van der Waals surface area contributed by atoms with Gasteiger partial charge in [-0.05, 0) is 34.1 Å². The lowest BCUT2D eigenvalue weighted by atomic mass is 10.2. The first-order chi connectivity index (χ1) is 9.61. The van der Waals surface area contributed by atoms with E-state index in [0.29, 0.717) is 23.2 Å². The second-order valence-corrected chi connectivity index (χ2v) is 4.88. The summed E-state index contributed by atoms with van der Waals surface area (Å²) in [5.74, 6) is 4.48. The van der Waals surface area contributed by atoms with Crippen LogP contribution in [0, 0.1) is 5.82 Å². The number of anilines is 1. The highest BCUT2D eigenvalue weighted by Crippen LogP contribution is 2.26. The number of rotatable bonds is 4. The minimum atomic E-state index is -0.514. The molecule has 8 heteroatoms. The van der Waals surface area contributed by atoms with E-state index >= 15 is 0 Å². The van der Waals surface area contributed by atoms with Gasteiger partial charge in [-0.1, -0.05) is 0 Å². The molecule has 0 aromatic heterocycles. The molecule has 1 atom stereocenters. The highest BCUT2D eigenvalue weighted by atomic mass is 79.9. The summed E-state index contributed by atoms with van der Waals surface area (Å²) in [6.07, 6.45) is 1.87. The van der Waals surface area contributed by atoms with Crippen LogP contribution in [0.1, 0.15) is 0 Å². The lowest BCUT2D eigenvalue weighted by molar-refractivity contribution is 0.145. The SMILES string of the molecule is NN=CC=NC[C@H]1CN(c2ccc(Br)c(F)c2)C(=O)O1. The number of aliphatic imine (C=N–C) groups is 1. The number of nitrogens with two attached hydrogens (primary N) is 1. The average Bonchev–Trinajstić information content (AvgIpc) is 2.79. The molecule has 0 aliphatic carbocycles. The summed E-state index contributed by atoms with van der Waals surface area (Å²) < 4.78 is 19.0. The van der Waals surface area contributed by atoms with Crippen LogP contribution in [0.3, 0.4) is 0 Å². The van der Waals surface area contributed by atoms with Crippen molar-refractivity contribution < 1.29 is 13.9 Å². The minimum Gasteiger partial charge on any atom is -0.442 e. The molecule has 1 aromatic carbocycles. The Bertz CT molecular complexity index is 564. The molecule has 1 fully saturated rings. The predicted molar refractivity (Wildman–Crippen MR) is 77.8 cm³/mol. The maximum atomic E-state index is 13.5. The van der Waals surface area contributed by atoms with Gasteiger partial charge in [-0.3, -0.25) is 9.89 Å². The highest BCUT2D eigenvalue weighted by Gasteiger charge is 2.32. The topological polar surface area (TPSA) is 80.3 Å². The smallest absolute Gasteiger partial charge is 0.414 e. The minimum absolute atomic E-state index is 0.299. The fraction of sp³-hybridized carbons (Fsp3) is 0.250. The quantitative estimate of drug-likeness (QED) is 0.515. The first-order valence-electron chi connectivity index (χ1n) is 5.76. The van der Waals surface area contributed by atoms with Crippen molar-refractivity contribution in [3.05, 3.63) is 28.5 Å². The summed E-state index contributed by atoms with van der Waals surface area (Å²) in [5.41, 5.74) is 0.450. The van der Waals surface area contributed by atoms with Crippen molar-refractivity contribution in [1.82, 2.24) is 0 Å². The number of hydrogen-bond acceptors (Lipinski definition) is 5.